The van der Waals surface area contributed by atoms with Gasteiger partial charge in [-0.1, -0.05) is 6.07 Å². The summed E-state index contributed by atoms with van der Waals surface area (Å²) in [6, 6.07) is 5.27. The maximum atomic E-state index is 10.8. The van der Waals surface area contributed by atoms with Crippen LogP contribution in [0.4, 0.5) is 5.69 Å². The molecule has 1 fully saturated rings. The van der Waals surface area contributed by atoms with Gasteiger partial charge in [-0.3, -0.25) is 10.1 Å². The largest absolute Gasteiger partial charge is 0.313 e. The molecule has 0 spiro atoms. The fraction of sp³-hybridized carbons (Fsp3) is 0.571. The molecule has 1 aliphatic heterocycles. The minimum atomic E-state index is -0.360. The van der Waals surface area contributed by atoms with Gasteiger partial charge in [0, 0.05) is 12.6 Å². The van der Waals surface area contributed by atoms with E-state index in [4.69, 9.17) is 0 Å². The van der Waals surface area contributed by atoms with Crippen molar-refractivity contribution >= 4 is 21.6 Å². The Balaban J connectivity index is 1.71. The number of rotatable bonds is 7. The maximum absolute atomic E-state index is 10.8. The van der Waals surface area contributed by atoms with E-state index in [0.717, 1.165) is 25.1 Å². The molecule has 20 heavy (non-hydrogen) atoms. The average Bonchev–Trinajstić information content (AvgIpc) is 2.93. The number of nitrogens with zero attached hydrogens (tertiary/aromatic N) is 2. The van der Waals surface area contributed by atoms with Gasteiger partial charge in [0.15, 0.2) is 0 Å². The zero-order valence-electron chi connectivity index (χ0n) is 11.5. The van der Waals surface area contributed by atoms with Crippen molar-refractivity contribution in [1.82, 2.24) is 10.2 Å². The number of nitrogens with one attached hydrogen (secondary N) is 1. The molecular formula is C14H20BrN3O2. The lowest BCUT2D eigenvalue weighted by atomic mass is 10.2. The van der Waals surface area contributed by atoms with E-state index in [2.05, 4.69) is 26.1 Å². The summed E-state index contributed by atoms with van der Waals surface area (Å²) in [4.78, 5) is 13.0. The highest BCUT2D eigenvalue weighted by atomic mass is 79.9. The van der Waals surface area contributed by atoms with Crippen LogP contribution in [-0.2, 0) is 6.54 Å². The van der Waals surface area contributed by atoms with Crippen molar-refractivity contribution in [3.05, 3.63) is 38.3 Å². The highest BCUT2D eigenvalue weighted by Crippen LogP contribution is 2.25. The van der Waals surface area contributed by atoms with Crippen molar-refractivity contribution in [3.8, 4) is 0 Å². The summed E-state index contributed by atoms with van der Waals surface area (Å²) in [5.74, 6) is 0. The van der Waals surface area contributed by atoms with Gasteiger partial charge in [-0.05, 0) is 73.0 Å². The zero-order chi connectivity index (χ0) is 14.4. The van der Waals surface area contributed by atoms with Crippen LogP contribution in [0.25, 0.3) is 0 Å². The lowest BCUT2D eigenvalue weighted by Crippen LogP contribution is -2.24. The Labute approximate surface area is 127 Å². The molecule has 1 saturated heterocycles. The predicted molar refractivity (Wildman–Crippen MR) is 82.8 cm³/mol. The molecule has 0 radical (unpaired) electrons. The van der Waals surface area contributed by atoms with Gasteiger partial charge < -0.3 is 10.2 Å². The highest BCUT2D eigenvalue weighted by Gasteiger charge is 2.12. The van der Waals surface area contributed by atoms with Crippen molar-refractivity contribution in [2.75, 3.05) is 26.2 Å². The molecule has 1 heterocycles. The number of nitro groups is 1. The van der Waals surface area contributed by atoms with Crippen LogP contribution in [0.2, 0.25) is 0 Å². The van der Waals surface area contributed by atoms with Crippen molar-refractivity contribution < 1.29 is 4.92 Å². The molecule has 110 valence electrons. The van der Waals surface area contributed by atoms with Crippen LogP contribution < -0.4 is 5.32 Å². The molecular weight excluding hydrogens is 322 g/mol. The van der Waals surface area contributed by atoms with E-state index in [1.54, 1.807) is 12.1 Å². The number of hydrogen-bond acceptors (Lipinski definition) is 4. The summed E-state index contributed by atoms with van der Waals surface area (Å²) in [6.45, 7) is 5.24. The Hall–Kier alpha value is -0.980. The second-order valence-corrected chi connectivity index (χ2v) is 5.98. The van der Waals surface area contributed by atoms with Gasteiger partial charge in [-0.25, -0.2) is 0 Å². The maximum Gasteiger partial charge on any atom is 0.283 e. The van der Waals surface area contributed by atoms with E-state index in [0.29, 0.717) is 11.0 Å². The molecule has 6 heteroatoms. The zero-order valence-corrected chi connectivity index (χ0v) is 13.1. The van der Waals surface area contributed by atoms with Gasteiger partial charge in [-0.15, -0.1) is 0 Å². The Morgan fingerprint density at radius 2 is 2.10 bits per heavy atom. The molecule has 0 unspecified atom stereocenters. The van der Waals surface area contributed by atoms with E-state index in [9.17, 15) is 10.1 Å². The fourth-order valence-electron chi connectivity index (χ4n) is 2.47. The van der Waals surface area contributed by atoms with E-state index < -0.39 is 0 Å². The Morgan fingerprint density at radius 3 is 2.80 bits per heavy atom. The molecule has 1 aliphatic rings. The van der Waals surface area contributed by atoms with Gasteiger partial charge in [0.1, 0.15) is 0 Å². The van der Waals surface area contributed by atoms with Crippen LogP contribution >= 0.6 is 15.9 Å². The van der Waals surface area contributed by atoms with Crippen molar-refractivity contribution in [1.29, 1.82) is 0 Å². The van der Waals surface area contributed by atoms with Crippen molar-refractivity contribution in [2.45, 2.75) is 25.8 Å². The van der Waals surface area contributed by atoms with Crippen LogP contribution in [0.1, 0.15) is 24.8 Å². The Morgan fingerprint density at radius 1 is 1.35 bits per heavy atom. The normalized spacial score (nSPS) is 15.7. The molecule has 0 bridgehead atoms. The smallest absolute Gasteiger partial charge is 0.283 e. The molecule has 1 aromatic carbocycles. The summed E-state index contributed by atoms with van der Waals surface area (Å²) < 4.78 is 0.528. The fourth-order valence-corrected chi connectivity index (χ4v) is 2.87. The molecule has 0 aliphatic carbocycles. The third kappa shape index (κ3) is 4.54. The van der Waals surface area contributed by atoms with Crippen LogP contribution in [0.3, 0.4) is 0 Å². The number of halogens is 1. The van der Waals surface area contributed by atoms with Gasteiger partial charge >= 0.3 is 0 Å². The number of nitro benzene ring substituents is 1. The average molecular weight is 342 g/mol. The first-order valence-corrected chi connectivity index (χ1v) is 7.82. The lowest BCUT2D eigenvalue weighted by molar-refractivity contribution is -0.385. The summed E-state index contributed by atoms with van der Waals surface area (Å²) >= 11 is 3.19. The molecule has 1 N–H and O–H groups in total. The second-order valence-electron chi connectivity index (χ2n) is 5.12. The quantitative estimate of drug-likeness (QED) is 0.470. The minimum Gasteiger partial charge on any atom is -0.313 e. The molecule has 1 aromatic rings. The molecule has 0 aromatic heterocycles. The predicted octanol–water partition coefficient (Wildman–Crippen LogP) is 2.93. The summed E-state index contributed by atoms with van der Waals surface area (Å²) in [5.41, 5.74) is 1.07. The van der Waals surface area contributed by atoms with E-state index >= 15 is 0 Å². The van der Waals surface area contributed by atoms with Crippen LogP contribution in [-0.4, -0.2) is 36.0 Å². The molecule has 0 saturated carbocycles. The third-order valence-electron chi connectivity index (χ3n) is 3.56. The first kappa shape index (κ1) is 15.4. The van der Waals surface area contributed by atoms with Crippen LogP contribution in [0.15, 0.2) is 22.7 Å². The molecule has 0 atom stereocenters. The summed E-state index contributed by atoms with van der Waals surface area (Å²) in [6.07, 6.45) is 3.78. The summed E-state index contributed by atoms with van der Waals surface area (Å²) in [5, 5.41) is 14.2. The highest BCUT2D eigenvalue weighted by molar-refractivity contribution is 9.10. The number of hydrogen-bond donors (Lipinski definition) is 1. The van der Waals surface area contributed by atoms with Gasteiger partial charge in [0.05, 0.1) is 9.40 Å². The van der Waals surface area contributed by atoms with Gasteiger partial charge in [-0.2, -0.15) is 0 Å². The van der Waals surface area contributed by atoms with Crippen molar-refractivity contribution in [2.24, 2.45) is 0 Å². The standard InChI is InChI=1S/C14H20BrN3O2/c15-13-5-4-12(10-14(13)18(19)20)11-16-6-3-9-17-7-1-2-8-17/h4-5,10,16H,1-3,6-9,11H2. The number of likely N-dealkylation sites (tertiary alicyclic amines) is 1. The molecule has 0 amide bonds. The molecule has 2 rings (SSSR count). The van der Waals surface area contributed by atoms with Crippen LogP contribution in [0, 0.1) is 10.1 Å². The van der Waals surface area contributed by atoms with E-state index in [1.165, 1.54) is 25.9 Å². The lowest BCUT2D eigenvalue weighted by Gasteiger charge is -2.14. The first-order valence-electron chi connectivity index (χ1n) is 7.03. The van der Waals surface area contributed by atoms with Gasteiger partial charge in [0.2, 0.25) is 0 Å². The van der Waals surface area contributed by atoms with Gasteiger partial charge in [0.25, 0.3) is 5.69 Å². The number of benzene rings is 1. The van der Waals surface area contributed by atoms with E-state index in [-0.39, 0.29) is 10.6 Å². The second kappa shape index (κ2) is 7.71. The minimum absolute atomic E-state index is 0.126. The Bertz CT molecular complexity index is 462. The molecule has 5 nitrogen and oxygen atoms in total. The third-order valence-corrected chi connectivity index (χ3v) is 4.23. The monoisotopic (exact) mass is 341 g/mol. The first-order chi connectivity index (χ1) is 9.66. The van der Waals surface area contributed by atoms with Crippen molar-refractivity contribution in [3.63, 3.8) is 0 Å². The SMILES string of the molecule is O=[N+]([O-])c1cc(CNCCCN2CCCC2)ccc1Br. The summed E-state index contributed by atoms with van der Waals surface area (Å²) in [7, 11) is 0. The van der Waals surface area contributed by atoms with Crippen LogP contribution in [0.5, 0.6) is 0 Å². The Kier molecular flexibility index (Phi) is 5.94. The topological polar surface area (TPSA) is 58.4 Å². The van der Waals surface area contributed by atoms with E-state index in [1.807, 2.05) is 6.07 Å².